The van der Waals surface area contributed by atoms with Gasteiger partial charge in [0.05, 0.1) is 18.2 Å². The van der Waals surface area contributed by atoms with E-state index >= 15 is 0 Å². The first kappa shape index (κ1) is 44.9. The van der Waals surface area contributed by atoms with E-state index < -0.39 is 77.4 Å². The molecule has 1 aliphatic heterocycles. The molecule has 6 amide bonds. The largest absolute Gasteiger partial charge is 0.444 e. The van der Waals surface area contributed by atoms with E-state index in [1.807, 2.05) is 13.8 Å². The first-order valence-corrected chi connectivity index (χ1v) is 20.0. The molecule has 2 aliphatic carbocycles. The molecular formula is C42H62N6O9. The van der Waals surface area contributed by atoms with Crippen LogP contribution in [0.25, 0.3) is 0 Å². The fourth-order valence-electron chi connectivity index (χ4n) is 7.36. The van der Waals surface area contributed by atoms with Gasteiger partial charge in [0.1, 0.15) is 23.7 Å². The molecule has 15 heteroatoms. The lowest BCUT2D eigenvalue weighted by Crippen LogP contribution is -2.58. The number of nitrogens with one attached hydrogen (secondary N) is 4. The molecule has 15 nitrogen and oxygen atoms in total. The number of alkyl carbamates (subject to hydrolysis) is 1. The second-order valence-corrected chi connectivity index (χ2v) is 17.2. The minimum absolute atomic E-state index is 0.108. The second-order valence-electron chi connectivity index (χ2n) is 17.2. The van der Waals surface area contributed by atoms with Crippen LogP contribution in [0, 0.1) is 11.8 Å². The molecule has 0 aromatic heterocycles. The van der Waals surface area contributed by atoms with Crippen LogP contribution in [0.5, 0.6) is 0 Å². The number of amides is 6. The van der Waals surface area contributed by atoms with Gasteiger partial charge in [-0.3, -0.25) is 28.8 Å². The minimum Gasteiger partial charge on any atom is -0.444 e. The zero-order chi connectivity index (χ0) is 42.1. The minimum atomic E-state index is -1.23. The van der Waals surface area contributed by atoms with Gasteiger partial charge in [0.15, 0.2) is 0 Å². The molecule has 0 radical (unpaired) electrons. The summed E-state index contributed by atoms with van der Waals surface area (Å²) in [5, 5.41) is 10.6. The number of methoxy groups -OCH3 is 1. The van der Waals surface area contributed by atoms with Gasteiger partial charge in [-0.15, -0.1) is 0 Å². The number of ketones is 1. The van der Waals surface area contributed by atoms with E-state index in [1.54, 1.807) is 78.4 Å². The highest BCUT2D eigenvalue weighted by Crippen LogP contribution is 2.35. The van der Waals surface area contributed by atoms with Gasteiger partial charge in [-0.2, -0.15) is 0 Å². The standard InChI is InChI=1S/C42H62N6O9/c1-41(2,3)57-40(55)46-33(28-17-13-10-14-18-28)39(54)48-22-21-29(24-42(4,5)56-8)34(48)36(51)44-30(23-26-19-20-26)35(50)37(52)43-25-31(49)45-32(38(53)47(6)7)27-15-11-9-12-16-27/h9,11-12,15-16,24,26,28,30,32-34H,10,13-14,17-23,25H2,1-8H3,(H,43,52)(H,44,51)(H,45,49)(H,46,55)/b29-24+/t30?,32-,33-,34-/m0/s1. The molecule has 0 spiro atoms. The molecule has 2 saturated carbocycles. The highest BCUT2D eigenvalue weighted by atomic mass is 16.6. The SMILES string of the molecule is COC(C)(C)/C=C1\CCN(C(=O)[C@@H](NC(=O)OC(C)(C)C)C2CCCCC2)[C@@H]1C(=O)NC(CC1CC1)C(=O)C(=O)NCC(=O)N[C@H](C(=O)N(C)C)c1ccccc1. The number of hydrogen-bond acceptors (Lipinski definition) is 9. The van der Waals surface area contributed by atoms with Crippen LogP contribution in [-0.2, 0) is 38.2 Å². The molecule has 57 heavy (non-hydrogen) atoms. The number of benzene rings is 1. The normalized spacial score (nSPS) is 19.8. The number of nitrogens with zero attached hydrogens (tertiary/aromatic N) is 2. The van der Waals surface area contributed by atoms with Crippen molar-refractivity contribution in [2.75, 3.05) is 34.3 Å². The highest BCUT2D eigenvalue weighted by molar-refractivity contribution is 6.38. The van der Waals surface area contributed by atoms with Crippen LogP contribution in [-0.4, -0.2) is 115 Å². The Morgan fingerprint density at radius 2 is 1.54 bits per heavy atom. The van der Waals surface area contributed by atoms with E-state index in [1.165, 1.54) is 9.80 Å². The molecule has 1 heterocycles. The fourth-order valence-corrected chi connectivity index (χ4v) is 7.36. The highest BCUT2D eigenvalue weighted by Gasteiger charge is 2.45. The quantitative estimate of drug-likeness (QED) is 0.144. The van der Waals surface area contributed by atoms with E-state index in [2.05, 4.69) is 21.3 Å². The molecule has 4 N–H and O–H groups in total. The smallest absolute Gasteiger partial charge is 0.408 e. The predicted molar refractivity (Wildman–Crippen MR) is 212 cm³/mol. The van der Waals surface area contributed by atoms with Crippen molar-refractivity contribution in [3.8, 4) is 0 Å². The molecule has 3 aliphatic rings. The molecule has 1 saturated heterocycles. The summed E-state index contributed by atoms with van der Waals surface area (Å²) < 4.78 is 11.2. The van der Waals surface area contributed by atoms with Crippen molar-refractivity contribution in [3.05, 3.63) is 47.5 Å². The van der Waals surface area contributed by atoms with Crippen LogP contribution in [0.15, 0.2) is 42.0 Å². The third-order valence-corrected chi connectivity index (χ3v) is 10.6. The molecular weight excluding hydrogens is 732 g/mol. The van der Waals surface area contributed by atoms with Crippen molar-refractivity contribution in [1.82, 2.24) is 31.1 Å². The van der Waals surface area contributed by atoms with Crippen LogP contribution in [0.3, 0.4) is 0 Å². The van der Waals surface area contributed by atoms with Crippen LogP contribution < -0.4 is 21.3 Å². The zero-order valence-electron chi connectivity index (χ0n) is 34.8. The van der Waals surface area contributed by atoms with Crippen molar-refractivity contribution in [3.63, 3.8) is 0 Å². The monoisotopic (exact) mass is 794 g/mol. The predicted octanol–water partition coefficient (Wildman–Crippen LogP) is 3.33. The lowest BCUT2D eigenvalue weighted by molar-refractivity contribution is -0.143. The molecule has 1 aromatic rings. The third kappa shape index (κ3) is 13.1. The van der Waals surface area contributed by atoms with Gasteiger partial charge in [-0.25, -0.2) is 4.79 Å². The van der Waals surface area contributed by atoms with Crippen molar-refractivity contribution >= 4 is 41.4 Å². The number of likely N-dealkylation sites (N-methyl/N-ethyl adjacent to an activating group) is 1. The average Bonchev–Trinajstić information content (AvgIpc) is 3.89. The molecule has 1 unspecified atom stereocenters. The maximum Gasteiger partial charge on any atom is 0.408 e. The summed E-state index contributed by atoms with van der Waals surface area (Å²) in [4.78, 5) is 97.8. The molecule has 4 rings (SSSR count). The van der Waals surface area contributed by atoms with E-state index in [0.717, 1.165) is 44.9 Å². The van der Waals surface area contributed by atoms with E-state index in [-0.39, 0.29) is 30.7 Å². The first-order valence-electron chi connectivity index (χ1n) is 20.0. The van der Waals surface area contributed by atoms with Crippen LogP contribution >= 0.6 is 0 Å². The van der Waals surface area contributed by atoms with Gasteiger partial charge in [0.25, 0.3) is 5.91 Å². The van der Waals surface area contributed by atoms with Gasteiger partial charge in [-0.05, 0) is 83.3 Å². The maximum absolute atomic E-state index is 14.6. The second kappa shape index (κ2) is 19.6. The first-order chi connectivity index (χ1) is 26.8. The fraction of sp³-hybridized carbons (Fsp3) is 0.643. The molecule has 4 atom stereocenters. The molecule has 0 bridgehead atoms. The summed E-state index contributed by atoms with van der Waals surface area (Å²) >= 11 is 0. The number of carbonyl (C=O) groups excluding carboxylic acids is 7. The van der Waals surface area contributed by atoms with Gasteiger partial charge < -0.3 is 40.5 Å². The Kier molecular flexibility index (Phi) is 15.4. The van der Waals surface area contributed by atoms with E-state index in [0.29, 0.717) is 17.6 Å². The topological polar surface area (TPSA) is 193 Å². The van der Waals surface area contributed by atoms with Gasteiger partial charge >= 0.3 is 6.09 Å². The Bertz CT molecular complexity index is 1660. The van der Waals surface area contributed by atoms with Crippen molar-refractivity contribution in [2.45, 2.75) is 128 Å². The molecule has 314 valence electrons. The van der Waals surface area contributed by atoms with Crippen LogP contribution in [0.1, 0.15) is 104 Å². The molecule has 1 aromatic carbocycles. The number of Topliss-reactive ketones (excluding diaryl/α,β-unsaturated/α-hetero) is 1. The van der Waals surface area contributed by atoms with E-state index in [4.69, 9.17) is 9.47 Å². The Morgan fingerprint density at radius 1 is 0.895 bits per heavy atom. The Hall–Kier alpha value is -4.79. The number of carbonyl (C=O) groups is 7. The van der Waals surface area contributed by atoms with Gasteiger partial charge in [0, 0.05) is 27.7 Å². The number of ether oxygens (including phenoxy) is 2. The summed E-state index contributed by atoms with van der Waals surface area (Å²) in [7, 11) is 4.67. The lowest BCUT2D eigenvalue weighted by Gasteiger charge is -2.35. The summed E-state index contributed by atoms with van der Waals surface area (Å²) in [6.45, 7) is 8.46. The Labute approximate surface area is 336 Å². The number of rotatable bonds is 16. The van der Waals surface area contributed by atoms with Crippen molar-refractivity contribution in [1.29, 1.82) is 0 Å². The maximum atomic E-state index is 14.6. The van der Waals surface area contributed by atoms with Crippen molar-refractivity contribution in [2.24, 2.45) is 11.8 Å². The van der Waals surface area contributed by atoms with Gasteiger partial charge in [0.2, 0.25) is 29.4 Å². The number of hydrogen-bond donors (Lipinski definition) is 4. The summed E-state index contributed by atoms with van der Waals surface area (Å²) in [6.07, 6.45) is 7.54. The van der Waals surface area contributed by atoms with Crippen molar-refractivity contribution < 1.29 is 43.0 Å². The van der Waals surface area contributed by atoms with Crippen LogP contribution in [0.2, 0.25) is 0 Å². The summed E-state index contributed by atoms with van der Waals surface area (Å²) in [5.74, 6) is -4.20. The Morgan fingerprint density at radius 3 is 2.12 bits per heavy atom. The third-order valence-electron chi connectivity index (χ3n) is 10.6. The van der Waals surface area contributed by atoms with E-state index in [9.17, 15) is 33.6 Å². The Balaban J connectivity index is 1.54. The van der Waals surface area contributed by atoms with Gasteiger partial charge in [-0.1, -0.05) is 68.5 Å². The summed E-state index contributed by atoms with van der Waals surface area (Å²) in [5.41, 5.74) is -0.445. The average molecular weight is 795 g/mol. The molecule has 3 fully saturated rings. The van der Waals surface area contributed by atoms with Crippen LogP contribution in [0.4, 0.5) is 4.79 Å². The lowest BCUT2D eigenvalue weighted by atomic mass is 9.83. The zero-order valence-corrected chi connectivity index (χ0v) is 34.8. The summed E-state index contributed by atoms with van der Waals surface area (Å²) in [6, 6.07) is 4.31. The number of likely N-dealkylation sites (tertiary alicyclic amines) is 1.